The summed E-state index contributed by atoms with van der Waals surface area (Å²) in [5.41, 5.74) is 1.55. The van der Waals surface area contributed by atoms with Gasteiger partial charge in [0.1, 0.15) is 0 Å². The van der Waals surface area contributed by atoms with E-state index in [2.05, 4.69) is 31.9 Å². The molecule has 0 aliphatic carbocycles. The molecule has 3 rings (SSSR count). The van der Waals surface area contributed by atoms with Gasteiger partial charge in [0.2, 0.25) is 0 Å². The van der Waals surface area contributed by atoms with Crippen LogP contribution in [0.15, 0.2) is 35.7 Å². The van der Waals surface area contributed by atoms with Gasteiger partial charge in [0.05, 0.1) is 6.10 Å². The van der Waals surface area contributed by atoms with E-state index in [1.54, 1.807) is 5.38 Å². The van der Waals surface area contributed by atoms with Crippen LogP contribution in [0.4, 0.5) is 0 Å². The van der Waals surface area contributed by atoms with E-state index in [-0.39, 0.29) is 18.1 Å². The number of nitrogens with zero attached hydrogens (tertiary/aromatic N) is 3. The zero-order chi connectivity index (χ0) is 15.4. The minimum Gasteiger partial charge on any atom is -0.392 e. The van der Waals surface area contributed by atoms with E-state index in [0.717, 1.165) is 18.1 Å². The van der Waals surface area contributed by atoms with Gasteiger partial charge in [0.15, 0.2) is 5.69 Å². The van der Waals surface area contributed by atoms with Crippen molar-refractivity contribution in [2.24, 2.45) is 0 Å². The predicted octanol–water partition coefficient (Wildman–Crippen LogP) is 0.903. The van der Waals surface area contributed by atoms with Crippen molar-refractivity contribution >= 4 is 17.4 Å². The van der Waals surface area contributed by atoms with Crippen LogP contribution >= 0.6 is 11.5 Å². The molecule has 0 radical (unpaired) electrons. The Morgan fingerprint density at radius 1 is 1.41 bits per heavy atom. The third-order valence-electron chi connectivity index (χ3n) is 3.83. The van der Waals surface area contributed by atoms with Crippen molar-refractivity contribution in [2.45, 2.75) is 25.1 Å². The number of hydrogen-bond donors (Lipinski definition) is 2. The molecule has 1 fully saturated rings. The van der Waals surface area contributed by atoms with Crippen molar-refractivity contribution in [1.29, 1.82) is 0 Å². The first kappa shape index (κ1) is 15.1. The fourth-order valence-corrected chi connectivity index (χ4v) is 3.18. The molecule has 1 aliphatic heterocycles. The molecule has 1 aromatic carbocycles. The summed E-state index contributed by atoms with van der Waals surface area (Å²) >= 11 is 1.16. The smallest absolute Gasteiger partial charge is 0.272 e. The Hall–Kier alpha value is -1.83. The van der Waals surface area contributed by atoms with Crippen LogP contribution in [0.1, 0.15) is 22.5 Å². The van der Waals surface area contributed by atoms with Gasteiger partial charge >= 0.3 is 0 Å². The highest BCUT2D eigenvalue weighted by molar-refractivity contribution is 7.03. The fraction of sp³-hybridized carbons (Fsp3) is 0.400. The number of hydrogen-bond acceptors (Lipinski definition) is 6. The molecule has 0 saturated carbocycles. The summed E-state index contributed by atoms with van der Waals surface area (Å²) in [6.07, 6.45) is 0.328. The molecule has 1 aromatic heterocycles. The highest BCUT2D eigenvalue weighted by atomic mass is 32.1. The van der Waals surface area contributed by atoms with Crippen molar-refractivity contribution < 1.29 is 9.90 Å². The average Bonchev–Trinajstić information content (AvgIpc) is 3.16. The number of amides is 1. The Labute approximate surface area is 132 Å². The van der Waals surface area contributed by atoms with E-state index in [1.807, 2.05) is 18.2 Å². The molecule has 22 heavy (non-hydrogen) atoms. The highest BCUT2D eigenvalue weighted by Crippen LogP contribution is 2.20. The summed E-state index contributed by atoms with van der Waals surface area (Å²) < 4.78 is 3.69. The number of benzene rings is 1. The van der Waals surface area contributed by atoms with Crippen LogP contribution in [0.25, 0.3) is 0 Å². The van der Waals surface area contributed by atoms with E-state index in [9.17, 15) is 9.90 Å². The van der Waals surface area contributed by atoms with Gasteiger partial charge in [-0.1, -0.05) is 34.8 Å². The maximum atomic E-state index is 11.9. The second kappa shape index (κ2) is 6.95. The Balaban J connectivity index is 1.58. The number of β-amino-alcohol motifs (C(OH)–C–C–N with tert-alkyl or cyclic N) is 1. The van der Waals surface area contributed by atoms with Gasteiger partial charge in [-0.2, -0.15) is 0 Å². The van der Waals surface area contributed by atoms with E-state index < -0.39 is 0 Å². The largest absolute Gasteiger partial charge is 0.392 e. The molecule has 1 aliphatic rings. The molecule has 2 unspecified atom stereocenters. The monoisotopic (exact) mass is 318 g/mol. The first-order valence-corrected chi connectivity index (χ1v) is 8.07. The van der Waals surface area contributed by atoms with E-state index >= 15 is 0 Å². The standard InChI is InChI=1S/C15H18N4O2S/c20-13-6-12(7-16-15(21)14-10-22-18-17-14)19(9-13)8-11-4-2-1-3-5-11/h1-5,10,12-13,20H,6-9H2,(H,16,21). The molecule has 1 amide bonds. The lowest BCUT2D eigenvalue weighted by Gasteiger charge is -2.24. The topological polar surface area (TPSA) is 78.4 Å². The summed E-state index contributed by atoms with van der Waals surface area (Å²) in [6.45, 7) is 1.91. The number of aliphatic hydroxyl groups is 1. The van der Waals surface area contributed by atoms with Gasteiger partial charge in [-0.15, -0.1) is 5.10 Å². The average molecular weight is 318 g/mol. The minimum absolute atomic E-state index is 0.130. The molecule has 6 nitrogen and oxygen atoms in total. The number of nitrogens with one attached hydrogen (secondary N) is 1. The normalized spacial score (nSPS) is 21.9. The van der Waals surface area contributed by atoms with Gasteiger partial charge in [0.25, 0.3) is 5.91 Å². The molecular formula is C15H18N4O2S. The Morgan fingerprint density at radius 2 is 2.23 bits per heavy atom. The lowest BCUT2D eigenvalue weighted by atomic mass is 10.1. The van der Waals surface area contributed by atoms with Gasteiger partial charge in [0, 0.05) is 31.1 Å². The van der Waals surface area contributed by atoms with Gasteiger partial charge in [-0.05, 0) is 23.5 Å². The lowest BCUT2D eigenvalue weighted by Crippen LogP contribution is -2.39. The highest BCUT2D eigenvalue weighted by Gasteiger charge is 2.31. The van der Waals surface area contributed by atoms with Crippen LogP contribution in [0.3, 0.4) is 0 Å². The zero-order valence-corrected chi connectivity index (χ0v) is 12.9. The molecule has 0 bridgehead atoms. The first-order valence-electron chi connectivity index (χ1n) is 7.23. The molecule has 2 atom stereocenters. The number of likely N-dealkylation sites (tertiary alicyclic amines) is 1. The summed E-state index contributed by atoms with van der Waals surface area (Å²) in [7, 11) is 0. The molecule has 2 aromatic rings. The van der Waals surface area contributed by atoms with Crippen molar-refractivity contribution in [3.8, 4) is 0 Å². The molecular weight excluding hydrogens is 300 g/mol. The van der Waals surface area contributed by atoms with Crippen molar-refractivity contribution in [3.63, 3.8) is 0 Å². The predicted molar refractivity (Wildman–Crippen MR) is 83.5 cm³/mol. The zero-order valence-electron chi connectivity index (χ0n) is 12.1. The number of rotatable bonds is 5. The van der Waals surface area contributed by atoms with Crippen LogP contribution in [-0.2, 0) is 6.54 Å². The van der Waals surface area contributed by atoms with Crippen molar-refractivity contribution in [1.82, 2.24) is 19.8 Å². The molecule has 2 N–H and O–H groups in total. The quantitative estimate of drug-likeness (QED) is 0.856. The molecule has 2 heterocycles. The SMILES string of the molecule is O=C(NCC1CC(O)CN1Cc1ccccc1)c1csnn1. The Bertz CT molecular complexity index is 605. The maximum Gasteiger partial charge on any atom is 0.272 e. The van der Waals surface area contributed by atoms with Gasteiger partial charge in [-0.3, -0.25) is 9.69 Å². The van der Waals surface area contributed by atoms with E-state index in [0.29, 0.717) is 25.2 Å². The van der Waals surface area contributed by atoms with Crippen LogP contribution in [0, 0.1) is 0 Å². The molecule has 1 saturated heterocycles. The van der Waals surface area contributed by atoms with Crippen LogP contribution in [0.5, 0.6) is 0 Å². The van der Waals surface area contributed by atoms with Crippen molar-refractivity contribution in [3.05, 3.63) is 47.0 Å². The summed E-state index contributed by atoms with van der Waals surface area (Å²) in [4.78, 5) is 14.1. The second-order valence-electron chi connectivity index (χ2n) is 5.46. The molecule has 7 heteroatoms. The van der Waals surface area contributed by atoms with Gasteiger partial charge in [-0.25, -0.2) is 0 Å². The maximum absolute atomic E-state index is 11.9. The van der Waals surface area contributed by atoms with E-state index in [4.69, 9.17) is 0 Å². The number of aromatic nitrogens is 2. The van der Waals surface area contributed by atoms with Crippen molar-refractivity contribution in [2.75, 3.05) is 13.1 Å². The first-order chi connectivity index (χ1) is 10.7. The second-order valence-corrected chi connectivity index (χ2v) is 6.07. The Morgan fingerprint density at radius 3 is 2.95 bits per heavy atom. The Kier molecular flexibility index (Phi) is 4.77. The lowest BCUT2D eigenvalue weighted by molar-refractivity contribution is 0.0935. The van der Waals surface area contributed by atoms with Crippen LogP contribution < -0.4 is 5.32 Å². The molecule has 116 valence electrons. The van der Waals surface area contributed by atoms with E-state index in [1.165, 1.54) is 5.56 Å². The third kappa shape index (κ3) is 3.68. The third-order valence-corrected chi connectivity index (χ3v) is 4.33. The minimum atomic E-state index is -0.341. The number of aliphatic hydroxyl groups excluding tert-OH is 1. The van der Waals surface area contributed by atoms with Gasteiger partial charge < -0.3 is 10.4 Å². The number of carbonyl (C=O) groups is 1. The summed E-state index contributed by atoms with van der Waals surface area (Å²) in [6, 6.07) is 10.3. The van der Waals surface area contributed by atoms with Crippen LogP contribution in [-0.4, -0.2) is 50.7 Å². The molecule has 0 spiro atoms. The summed E-state index contributed by atoms with van der Waals surface area (Å²) in [5.74, 6) is -0.213. The fourth-order valence-electron chi connectivity index (χ4n) is 2.75. The summed E-state index contributed by atoms with van der Waals surface area (Å²) in [5, 5.41) is 18.2. The van der Waals surface area contributed by atoms with Crippen LogP contribution in [0.2, 0.25) is 0 Å². The number of carbonyl (C=O) groups excluding carboxylic acids is 1.